The standard InChI is InChI=1S/C13H13NO2/c1-14-5-2-9-8-10-3-6-15-12(10)13-11(9)4-7-16-13/h3-4,6-8,14H,2,5H2,1H3. The summed E-state index contributed by atoms with van der Waals surface area (Å²) in [5.74, 6) is 0. The lowest BCUT2D eigenvalue weighted by Crippen LogP contribution is -2.10. The summed E-state index contributed by atoms with van der Waals surface area (Å²) in [7, 11) is 1.96. The molecule has 0 saturated carbocycles. The van der Waals surface area contributed by atoms with Crippen molar-refractivity contribution in [2.75, 3.05) is 13.6 Å². The molecule has 0 radical (unpaired) electrons. The smallest absolute Gasteiger partial charge is 0.177 e. The third kappa shape index (κ3) is 1.32. The van der Waals surface area contributed by atoms with Crippen LogP contribution in [0.2, 0.25) is 0 Å². The summed E-state index contributed by atoms with van der Waals surface area (Å²) in [6, 6.07) is 6.15. The molecule has 1 N–H and O–H groups in total. The van der Waals surface area contributed by atoms with E-state index >= 15 is 0 Å². The molecule has 0 aliphatic heterocycles. The van der Waals surface area contributed by atoms with Crippen molar-refractivity contribution in [2.45, 2.75) is 6.42 Å². The van der Waals surface area contributed by atoms with Gasteiger partial charge >= 0.3 is 0 Å². The highest BCUT2D eigenvalue weighted by molar-refractivity contribution is 6.02. The van der Waals surface area contributed by atoms with Gasteiger partial charge in [0, 0.05) is 10.8 Å². The van der Waals surface area contributed by atoms with Crippen LogP contribution in [-0.4, -0.2) is 13.6 Å². The molecule has 0 saturated heterocycles. The van der Waals surface area contributed by atoms with Gasteiger partial charge in [0.05, 0.1) is 12.5 Å². The molecule has 0 aliphatic rings. The second kappa shape index (κ2) is 3.68. The molecular formula is C13H13NO2. The summed E-state index contributed by atoms with van der Waals surface area (Å²) in [4.78, 5) is 0. The zero-order chi connectivity index (χ0) is 11.0. The fourth-order valence-electron chi connectivity index (χ4n) is 2.09. The number of nitrogens with one attached hydrogen (secondary N) is 1. The van der Waals surface area contributed by atoms with E-state index in [2.05, 4.69) is 11.4 Å². The molecule has 3 nitrogen and oxygen atoms in total. The van der Waals surface area contributed by atoms with Gasteiger partial charge in [0.15, 0.2) is 11.2 Å². The van der Waals surface area contributed by atoms with E-state index in [1.54, 1.807) is 12.5 Å². The molecule has 0 bridgehead atoms. The van der Waals surface area contributed by atoms with E-state index in [1.165, 1.54) is 5.56 Å². The van der Waals surface area contributed by atoms with Crippen molar-refractivity contribution in [3.05, 3.63) is 36.3 Å². The van der Waals surface area contributed by atoms with Crippen LogP contribution in [0.4, 0.5) is 0 Å². The minimum Gasteiger partial charge on any atom is -0.460 e. The summed E-state index contributed by atoms with van der Waals surface area (Å²) in [5.41, 5.74) is 2.99. The quantitative estimate of drug-likeness (QED) is 0.730. The number of fused-ring (bicyclic) bond motifs is 3. The van der Waals surface area contributed by atoms with Gasteiger partial charge in [-0.25, -0.2) is 0 Å². The molecule has 0 amide bonds. The van der Waals surface area contributed by atoms with Gasteiger partial charge in [0.2, 0.25) is 0 Å². The molecule has 1 aromatic carbocycles. The summed E-state index contributed by atoms with van der Waals surface area (Å²) in [5, 5.41) is 5.42. The van der Waals surface area contributed by atoms with Crippen LogP contribution in [0.15, 0.2) is 39.6 Å². The average molecular weight is 215 g/mol. The maximum Gasteiger partial charge on any atom is 0.177 e. The zero-order valence-electron chi connectivity index (χ0n) is 9.12. The van der Waals surface area contributed by atoms with E-state index in [0.717, 1.165) is 34.9 Å². The topological polar surface area (TPSA) is 38.3 Å². The maximum absolute atomic E-state index is 5.50. The number of hydrogen-bond donors (Lipinski definition) is 1. The Bertz CT molecular complexity index is 621. The van der Waals surface area contributed by atoms with Gasteiger partial charge in [-0.1, -0.05) is 0 Å². The van der Waals surface area contributed by atoms with E-state index in [0.29, 0.717) is 0 Å². The number of rotatable bonds is 3. The second-order valence-corrected chi connectivity index (χ2v) is 3.89. The second-order valence-electron chi connectivity index (χ2n) is 3.89. The molecule has 0 spiro atoms. The highest BCUT2D eigenvalue weighted by Gasteiger charge is 2.10. The van der Waals surface area contributed by atoms with Crippen molar-refractivity contribution in [3.63, 3.8) is 0 Å². The Morgan fingerprint density at radius 3 is 2.81 bits per heavy atom. The van der Waals surface area contributed by atoms with Gasteiger partial charge in [-0.15, -0.1) is 0 Å². The Balaban J connectivity index is 2.26. The molecule has 0 atom stereocenters. The SMILES string of the molecule is CNCCc1cc2ccoc2c2occc12. The van der Waals surface area contributed by atoms with Crippen LogP contribution in [0.25, 0.3) is 21.9 Å². The van der Waals surface area contributed by atoms with E-state index < -0.39 is 0 Å². The first-order chi connectivity index (χ1) is 7.90. The van der Waals surface area contributed by atoms with Gasteiger partial charge in [-0.3, -0.25) is 0 Å². The van der Waals surface area contributed by atoms with Crippen LogP contribution >= 0.6 is 0 Å². The molecule has 3 rings (SSSR count). The van der Waals surface area contributed by atoms with E-state index in [-0.39, 0.29) is 0 Å². The Hall–Kier alpha value is -1.74. The predicted molar refractivity (Wildman–Crippen MR) is 63.6 cm³/mol. The number of benzene rings is 1. The van der Waals surface area contributed by atoms with Gasteiger partial charge < -0.3 is 14.2 Å². The molecule has 0 unspecified atom stereocenters. The van der Waals surface area contributed by atoms with Crippen molar-refractivity contribution in [1.82, 2.24) is 5.32 Å². The highest BCUT2D eigenvalue weighted by atomic mass is 16.4. The van der Waals surface area contributed by atoms with Crippen molar-refractivity contribution in [2.24, 2.45) is 0 Å². The van der Waals surface area contributed by atoms with Crippen molar-refractivity contribution in [1.29, 1.82) is 0 Å². The first kappa shape index (κ1) is 9.48. The fraction of sp³-hybridized carbons (Fsp3) is 0.231. The Morgan fingerprint density at radius 2 is 1.94 bits per heavy atom. The number of hydrogen-bond acceptors (Lipinski definition) is 3. The third-order valence-electron chi connectivity index (χ3n) is 2.89. The molecule has 3 aromatic rings. The van der Waals surface area contributed by atoms with Gasteiger partial charge in [-0.05, 0) is 43.8 Å². The predicted octanol–water partition coefficient (Wildman–Crippen LogP) is 2.94. The molecule has 16 heavy (non-hydrogen) atoms. The Labute approximate surface area is 93.0 Å². The summed E-state index contributed by atoms with van der Waals surface area (Å²) < 4.78 is 10.9. The lowest BCUT2D eigenvalue weighted by molar-refractivity contribution is 0.582. The third-order valence-corrected chi connectivity index (χ3v) is 2.89. The summed E-state index contributed by atoms with van der Waals surface area (Å²) in [6.45, 7) is 0.962. The Kier molecular flexibility index (Phi) is 2.18. The van der Waals surface area contributed by atoms with Crippen LogP contribution in [-0.2, 0) is 6.42 Å². The van der Waals surface area contributed by atoms with Crippen LogP contribution in [0.5, 0.6) is 0 Å². The van der Waals surface area contributed by atoms with Gasteiger partial charge in [0.1, 0.15) is 0 Å². The minimum atomic E-state index is 0.841. The lowest BCUT2D eigenvalue weighted by atomic mass is 10.0. The lowest BCUT2D eigenvalue weighted by Gasteiger charge is -2.02. The molecular weight excluding hydrogens is 202 g/mol. The van der Waals surface area contributed by atoms with Crippen LogP contribution in [0.3, 0.4) is 0 Å². The highest BCUT2D eigenvalue weighted by Crippen LogP contribution is 2.30. The summed E-state index contributed by atoms with van der Waals surface area (Å²) in [6.07, 6.45) is 4.41. The minimum absolute atomic E-state index is 0.841. The summed E-state index contributed by atoms with van der Waals surface area (Å²) >= 11 is 0. The molecule has 2 heterocycles. The average Bonchev–Trinajstić information content (AvgIpc) is 2.92. The first-order valence-corrected chi connectivity index (χ1v) is 5.41. The molecule has 0 fully saturated rings. The monoisotopic (exact) mass is 215 g/mol. The van der Waals surface area contributed by atoms with Gasteiger partial charge in [-0.2, -0.15) is 0 Å². The van der Waals surface area contributed by atoms with Crippen molar-refractivity contribution < 1.29 is 8.83 Å². The van der Waals surface area contributed by atoms with E-state index in [4.69, 9.17) is 8.83 Å². The fourth-order valence-corrected chi connectivity index (χ4v) is 2.09. The largest absolute Gasteiger partial charge is 0.460 e. The normalized spacial score (nSPS) is 11.6. The molecule has 82 valence electrons. The number of furan rings is 2. The zero-order valence-corrected chi connectivity index (χ0v) is 9.12. The first-order valence-electron chi connectivity index (χ1n) is 5.41. The number of likely N-dealkylation sites (N-methyl/N-ethyl adjacent to an activating group) is 1. The van der Waals surface area contributed by atoms with Crippen LogP contribution in [0, 0.1) is 0 Å². The van der Waals surface area contributed by atoms with Crippen LogP contribution < -0.4 is 5.32 Å². The van der Waals surface area contributed by atoms with Gasteiger partial charge in [0.25, 0.3) is 0 Å². The maximum atomic E-state index is 5.50. The van der Waals surface area contributed by atoms with E-state index in [1.807, 2.05) is 19.2 Å². The molecule has 3 heteroatoms. The molecule has 0 aliphatic carbocycles. The van der Waals surface area contributed by atoms with Crippen molar-refractivity contribution in [3.8, 4) is 0 Å². The van der Waals surface area contributed by atoms with Crippen molar-refractivity contribution >= 4 is 21.9 Å². The van der Waals surface area contributed by atoms with E-state index in [9.17, 15) is 0 Å². The Morgan fingerprint density at radius 1 is 1.12 bits per heavy atom. The molecule has 2 aromatic heterocycles. The van der Waals surface area contributed by atoms with Crippen LogP contribution in [0.1, 0.15) is 5.56 Å².